The van der Waals surface area contributed by atoms with Crippen molar-refractivity contribution >= 4 is 19.7 Å². The van der Waals surface area contributed by atoms with E-state index in [1.165, 1.54) is 122 Å². The van der Waals surface area contributed by atoms with Gasteiger partial charge in [-0.3, -0.25) is 18.6 Å². The van der Waals surface area contributed by atoms with Gasteiger partial charge in [-0.15, -0.1) is 0 Å². The number of phosphoric ester groups is 1. The molecule has 0 heterocycles. The van der Waals surface area contributed by atoms with Crippen molar-refractivity contribution < 1.29 is 37.3 Å². The average molecular weight is 1130 g/mol. The third-order valence-corrected chi connectivity index (χ3v) is 14.6. The second kappa shape index (κ2) is 58.6. The van der Waals surface area contributed by atoms with E-state index in [4.69, 9.17) is 13.8 Å². The van der Waals surface area contributed by atoms with Crippen molar-refractivity contribution in [2.45, 2.75) is 270 Å². The first-order valence-corrected chi connectivity index (χ1v) is 33.9. The van der Waals surface area contributed by atoms with Crippen molar-refractivity contribution in [1.82, 2.24) is 5.32 Å². The van der Waals surface area contributed by atoms with Crippen LogP contribution in [0.1, 0.15) is 258 Å². The third-order valence-electron chi connectivity index (χ3n) is 13.6. The predicted molar refractivity (Wildman–Crippen MR) is 346 cm³/mol. The van der Waals surface area contributed by atoms with Gasteiger partial charge in [0.2, 0.25) is 5.91 Å². The summed E-state index contributed by atoms with van der Waals surface area (Å²) in [5, 5.41) is 3.00. The van der Waals surface area contributed by atoms with Crippen LogP contribution < -0.4 is 5.32 Å². The van der Waals surface area contributed by atoms with Crippen molar-refractivity contribution in [2.24, 2.45) is 0 Å². The Bertz CT molecular complexity index is 1780. The summed E-state index contributed by atoms with van der Waals surface area (Å²) in [6.45, 7) is 6.79. The lowest BCUT2D eigenvalue weighted by Gasteiger charge is -2.27. The van der Waals surface area contributed by atoms with Crippen LogP contribution in [0.25, 0.3) is 0 Å². The van der Waals surface area contributed by atoms with E-state index in [1.54, 1.807) is 0 Å². The zero-order valence-electron chi connectivity index (χ0n) is 52.3. The average Bonchev–Trinajstić information content (AvgIpc) is 3.43. The Morgan fingerprint density at radius 1 is 0.450 bits per heavy atom. The normalized spacial score (nSPS) is 14.4. The molecule has 0 bridgehead atoms. The Morgan fingerprint density at radius 2 is 0.812 bits per heavy atom. The van der Waals surface area contributed by atoms with Gasteiger partial charge in [-0.05, 0) is 109 Å². The quantitative estimate of drug-likeness (QED) is 0.0205. The molecule has 0 aliphatic heterocycles. The summed E-state index contributed by atoms with van der Waals surface area (Å²) in [7, 11) is 1.43. The van der Waals surface area contributed by atoms with Crippen molar-refractivity contribution in [1.29, 1.82) is 0 Å². The number of nitrogens with one attached hydrogen (secondary N) is 1. The van der Waals surface area contributed by atoms with Crippen LogP contribution in [0.5, 0.6) is 0 Å². The third kappa shape index (κ3) is 59.0. The van der Waals surface area contributed by atoms with E-state index >= 15 is 0 Å². The molecule has 0 saturated heterocycles. The lowest BCUT2D eigenvalue weighted by Crippen LogP contribution is -2.47. The van der Waals surface area contributed by atoms with Crippen LogP contribution in [-0.4, -0.2) is 74.3 Å². The number of likely N-dealkylation sites (N-methyl/N-ethyl adjacent to an activating group) is 1. The smallest absolute Gasteiger partial charge is 0.456 e. The molecule has 80 heavy (non-hydrogen) atoms. The maximum absolute atomic E-state index is 13.5. The number of unbranched alkanes of at least 4 members (excludes halogenated alkanes) is 23. The number of phosphoric acid groups is 1. The van der Waals surface area contributed by atoms with Gasteiger partial charge in [0, 0.05) is 12.8 Å². The molecule has 0 spiro atoms. The van der Waals surface area contributed by atoms with Crippen LogP contribution in [0.2, 0.25) is 0 Å². The second-order valence-corrected chi connectivity index (χ2v) is 24.0. The van der Waals surface area contributed by atoms with Crippen molar-refractivity contribution in [3.05, 3.63) is 122 Å². The van der Waals surface area contributed by atoms with Crippen molar-refractivity contribution in [3.63, 3.8) is 0 Å². The van der Waals surface area contributed by atoms with Gasteiger partial charge in [0.1, 0.15) is 19.3 Å². The topological polar surface area (TPSA) is 111 Å². The van der Waals surface area contributed by atoms with Gasteiger partial charge in [0.15, 0.2) is 0 Å². The van der Waals surface area contributed by atoms with Crippen LogP contribution in [0.4, 0.5) is 0 Å². The minimum atomic E-state index is -4.48. The van der Waals surface area contributed by atoms with E-state index in [9.17, 15) is 19.0 Å². The van der Waals surface area contributed by atoms with E-state index in [0.29, 0.717) is 17.4 Å². The standard InChI is InChI=1S/C70H121N2O7P/c1-7-10-13-16-19-22-25-27-29-31-32-33-34-35-36-37-38-39-40-41-43-45-48-51-54-57-60-63-70(74)79-68(61-58-55-52-49-46-24-21-18-15-12-9-3)67(66-78-80(75,76)77-65-64-72(4,5)6)71-69(73)62-59-56-53-50-47-44-42-30-28-26-23-20-17-14-11-8-2/h11,14,19-20,22-23,27-30,32-33,35-36,44,47,53,56,58,61,67-68H,7-10,12-13,15-18,21,24-26,31,34,37-43,45-46,48-52,54-55,57,59-60,62-66H2,1-6H3,(H-,71,73,75,76)/p+1/b14-11+,22-19-,23-20+,29-27-,30-28+,33-32-,36-35-,47-44+,56-53+,61-58-. The second-order valence-electron chi connectivity index (χ2n) is 22.5. The summed E-state index contributed by atoms with van der Waals surface area (Å²) < 4.78 is 30.6. The number of hydrogen-bond acceptors (Lipinski definition) is 6. The first-order valence-electron chi connectivity index (χ1n) is 32.4. The molecule has 0 saturated carbocycles. The van der Waals surface area contributed by atoms with E-state index in [0.717, 1.165) is 96.3 Å². The highest BCUT2D eigenvalue weighted by Crippen LogP contribution is 2.43. The maximum Gasteiger partial charge on any atom is 0.472 e. The number of quaternary nitrogens is 1. The number of ether oxygens (including phenoxy) is 1. The Hall–Kier alpha value is -3.59. The number of carbonyl (C=O) groups is 2. The molecule has 3 unspecified atom stereocenters. The zero-order valence-corrected chi connectivity index (χ0v) is 53.2. The number of esters is 1. The monoisotopic (exact) mass is 1130 g/mol. The first-order chi connectivity index (χ1) is 38.9. The molecule has 1 amide bonds. The number of hydrogen-bond donors (Lipinski definition) is 2. The molecule has 0 aromatic rings. The molecule has 0 aromatic heterocycles. The summed E-state index contributed by atoms with van der Waals surface area (Å²) in [5.74, 6) is -0.611. The highest BCUT2D eigenvalue weighted by atomic mass is 31.2. The molecule has 0 fully saturated rings. The largest absolute Gasteiger partial charge is 0.472 e. The molecular formula is C70H122N2O7P+. The van der Waals surface area contributed by atoms with Gasteiger partial charge in [0.25, 0.3) is 0 Å². The Kier molecular flexibility index (Phi) is 56.0. The van der Waals surface area contributed by atoms with E-state index < -0.39 is 20.0 Å². The maximum atomic E-state index is 13.5. The van der Waals surface area contributed by atoms with Crippen LogP contribution >= 0.6 is 7.82 Å². The van der Waals surface area contributed by atoms with Gasteiger partial charge in [-0.25, -0.2) is 4.57 Å². The summed E-state index contributed by atoms with van der Waals surface area (Å²) in [6.07, 6.45) is 82.3. The van der Waals surface area contributed by atoms with Crippen LogP contribution in [0.3, 0.4) is 0 Å². The molecule has 458 valence electrons. The summed E-state index contributed by atoms with van der Waals surface area (Å²) in [6, 6.07) is -0.897. The Morgan fingerprint density at radius 3 is 1.25 bits per heavy atom. The predicted octanol–water partition coefficient (Wildman–Crippen LogP) is 20.3. The fourth-order valence-electron chi connectivity index (χ4n) is 8.68. The van der Waals surface area contributed by atoms with Crippen LogP contribution in [-0.2, 0) is 27.9 Å². The molecule has 2 N–H and O–H groups in total. The molecule has 0 radical (unpaired) electrons. The van der Waals surface area contributed by atoms with E-state index in [2.05, 4.69) is 129 Å². The molecule has 0 aliphatic rings. The van der Waals surface area contributed by atoms with Gasteiger partial charge >= 0.3 is 13.8 Å². The molecule has 10 heteroatoms. The van der Waals surface area contributed by atoms with E-state index in [-0.39, 0.29) is 37.9 Å². The van der Waals surface area contributed by atoms with Crippen LogP contribution in [0, 0.1) is 0 Å². The van der Waals surface area contributed by atoms with Gasteiger partial charge < -0.3 is 19.4 Å². The number of allylic oxidation sites excluding steroid dienone is 19. The van der Waals surface area contributed by atoms with Gasteiger partial charge in [-0.1, -0.05) is 258 Å². The van der Waals surface area contributed by atoms with E-state index in [1.807, 2.05) is 39.4 Å². The van der Waals surface area contributed by atoms with Crippen molar-refractivity contribution in [2.75, 3.05) is 40.9 Å². The molecular weight excluding hydrogens is 1010 g/mol. The summed E-state index contributed by atoms with van der Waals surface area (Å²) in [5.41, 5.74) is 0. The lowest BCUT2D eigenvalue weighted by atomic mass is 10.0. The van der Waals surface area contributed by atoms with Gasteiger partial charge in [0.05, 0.1) is 33.8 Å². The highest BCUT2D eigenvalue weighted by Gasteiger charge is 2.30. The Balaban J connectivity index is 5.16. The molecule has 0 rings (SSSR count). The fourth-order valence-corrected chi connectivity index (χ4v) is 9.41. The number of rotatable bonds is 57. The lowest BCUT2D eigenvalue weighted by molar-refractivity contribution is -0.870. The SMILES string of the molecule is CC/C=C/C/C=C/C/C=C/C/C=C/C/C=C/CCC(=O)NC(COP(=O)(O)OCC[N+](C)(C)C)C(/C=C\CCCCCCCCCCC)OC(=O)CCCCCCCCCCCCC/C=C\C/C=C\C/C=C\C/C=C\CCCCC. The molecule has 0 aliphatic carbocycles. The fraction of sp³-hybridized carbons (Fsp3) is 0.686. The number of amides is 1. The van der Waals surface area contributed by atoms with Gasteiger partial charge in [-0.2, -0.15) is 0 Å². The highest BCUT2D eigenvalue weighted by molar-refractivity contribution is 7.47. The number of carbonyl (C=O) groups excluding carboxylic acids is 2. The number of nitrogens with zero attached hydrogens (tertiary/aromatic N) is 1. The molecule has 9 nitrogen and oxygen atoms in total. The first kappa shape index (κ1) is 76.4. The van der Waals surface area contributed by atoms with Crippen molar-refractivity contribution in [3.8, 4) is 0 Å². The minimum Gasteiger partial charge on any atom is -0.456 e. The molecule has 0 aromatic carbocycles. The summed E-state index contributed by atoms with van der Waals surface area (Å²) >= 11 is 0. The molecule has 3 atom stereocenters. The summed E-state index contributed by atoms with van der Waals surface area (Å²) in [4.78, 5) is 37.7. The Labute approximate surface area is 493 Å². The minimum absolute atomic E-state index is 0.0207. The zero-order chi connectivity index (χ0) is 58.6. The van der Waals surface area contributed by atoms with Crippen LogP contribution in [0.15, 0.2) is 122 Å².